The molecule has 0 saturated carbocycles. The summed E-state index contributed by atoms with van der Waals surface area (Å²) < 4.78 is 33.0. The van der Waals surface area contributed by atoms with Gasteiger partial charge in [0.05, 0.1) is 4.90 Å². The number of nitrogens with zero attached hydrogens (tertiary/aromatic N) is 1. The number of hydrogen-bond acceptors (Lipinski definition) is 5. The number of aliphatic carboxylic acids is 1. The van der Waals surface area contributed by atoms with Gasteiger partial charge < -0.3 is 20.1 Å². The summed E-state index contributed by atoms with van der Waals surface area (Å²) in [5.74, 6) is -0.815. The van der Waals surface area contributed by atoms with Crippen LogP contribution in [0.5, 0.6) is 5.75 Å². The van der Waals surface area contributed by atoms with Gasteiger partial charge in [-0.1, -0.05) is 12.8 Å². The second-order valence-electron chi connectivity index (χ2n) is 7.62. The van der Waals surface area contributed by atoms with Gasteiger partial charge in [-0.15, -0.1) is 0 Å². The standard InChI is InChI=1S/C22H27N3O6S/c1-16-14-19(10-11-20(16)31-15-21(26)27)32(29,30)24-18-8-6-17(7-9-18)23-22(28)25-12-4-2-3-5-13-25/h6-11,14,24H,2-5,12-13,15H2,1H3,(H,23,28)(H,26,27). The molecule has 0 unspecified atom stereocenters. The van der Waals surface area contributed by atoms with Crippen molar-refractivity contribution in [2.45, 2.75) is 37.5 Å². The maximum atomic E-state index is 12.7. The first-order valence-electron chi connectivity index (χ1n) is 10.4. The Morgan fingerprint density at radius 2 is 1.62 bits per heavy atom. The molecule has 9 nitrogen and oxygen atoms in total. The summed E-state index contributed by atoms with van der Waals surface area (Å²) in [6.45, 7) is 2.61. The number of urea groups is 1. The van der Waals surface area contributed by atoms with E-state index in [9.17, 15) is 18.0 Å². The van der Waals surface area contributed by atoms with Crippen molar-refractivity contribution in [3.63, 3.8) is 0 Å². The molecule has 0 bridgehead atoms. The number of nitrogens with one attached hydrogen (secondary N) is 2. The Kier molecular flexibility index (Phi) is 7.57. The highest BCUT2D eigenvalue weighted by atomic mass is 32.2. The summed E-state index contributed by atoms with van der Waals surface area (Å²) in [5.41, 5.74) is 1.43. The number of carbonyl (C=O) groups is 2. The number of sulfonamides is 1. The highest BCUT2D eigenvalue weighted by Crippen LogP contribution is 2.24. The number of aryl methyl sites for hydroxylation is 1. The quantitative estimate of drug-likeness (QED) is 0.578. The molecule has 3 rings (SSSR count). The largest absolute Gasteiger partial charge is 0.482 e. The van der Waals surface area contributed by atoms with E-state index < -0.39 is 22.6 Å². The van der Waals surface area contributed by atoms with Crippen LogP contribution < -0.4 is 14.8 Å². The van der Waals surface area contributed by atoms with Gasteiger partial charge in [-0.3, -0.25) is 4.72 Å². The molecule has 1 saturated heterocycles. The maximum Gasteiger partial charge on any atom is 0.341 e. The van der Waals surface area contributed by atoms with Crippen molar-refractivity contribution in [2.24, 2.45) is 0 Å². The summed E-state index contributed by atoms with van der Waals surface area (Å²) >= 11 is 0. The zero-order valence-corrected chi connectivity index (χ0v) is 18.7. The third kappa shape index (κ3) is 6.36. The number of benzene rings is 2. The van der Waals surface area contributed by atoms with Gasteiger partial charge in [-0.2, -0.15) is 0 Å². The van der Waals surface area contributed by atoms with Gasteiger partial charge in [0, 0.05) is 24.5 Å². The molecular formula is C22H27N3O6S. The Morgan fingerprint density at radius 1 is 1.00 bits per heavy atom. The van der Waals surface area contributed by atoms with Gasteiger partial charge in [-0.25, -0.2) is 18.0 Å². The Bertz CT molecular complexity index is 1060. The molecule has 0 atom stereocenters. The van der Waals surface area contributed by atoms with Crippen molar-refractivity contribution in [1.29, 1.82) is 0 Å². The van der Waals surface area contributed by atoms with Gasteiger partial charge in [-0.05, 0) is 67.8 Å². The monoisotopic (exact) mass is 461 g/mol. The average molecular weight is 462 g/mol. The van der Waals surface area contributed by atoms with Gasteiger partial charge in [0.2, 0.25) is 0 Å². The number of ether oxygens (including phenoxy) is 1. The molecule has 0 radical (unpaired) electrons. The van der Waals surface area contributed by atoms with Crippen molar-refractivity contribution < 1.29 is 27.9 Å². The summed E-state index contributed by atoms with van der Waals surface area (Å²) in [6, 6.07) is 10.5. The van der Waals surface area contributed by atoms with E-state index in [2.05, 4.69) is 10.0 Å². The van der Waals surface area contributed by atoms with Crippen LogP contribution in [0.4, 0.5) is 16.2 Å². The fraction of sp³-hybridized carbons (Fsp3) is 0.364. The molecule has 172 valence electrons. The first-order valence-corrected chi connectivity index (χ1v) is 11.9. The predicted octanol–water partition coefficient (Wildman–Crippen LogP) is 3.67. The second kappa shape index (κ2) is 10.4. The lowest BCUT2D eigenvalue weighted by Crippen LogP contribution is -2.35. The predicted molar refractivity (Wildman–Crippen MR) is 121 cm³/mol. The van der Waals surface area contributed by atoms with E-state index in [1.54, 1.807) is 36.1 Å². The zero-order chi connectivity index (χ0) is 23.1. The highest BCUT2D eigenvalue weighted by Gasteiger charge is 2.17. The SMILES string of the molecule is Cc1cc(S(=O)(=O)Nc2ccc(NC(=O)N3CCCCCC3)cc2)ccc1OCC(=O)O. The normalized spacial score (nSPS) is 14.3. The van der Waals surface area contributed by atoms with Crippen LogP contribution in [0.1, 0.15) is 31.2 Å². The van der Waals surface area contributed by atoms with Crippen LogP contribution >= 0.6 is 0 Å². The molecule has 1 fully saturated rings. The van der Waals surface area contributed by atoms with Gasteiger partial charge in [0.1, 0.15) is 5.75 Å². The number of amides is 2. The summed E-state index contributed by atoms with van der Waals surface area (Å²) in [6.07, 6.45) is 4.27. The molecule has 0 spiro atoms. The molecule has 0 aromatic heterocycles. The number of rotatable bonds is 7. The van der Waals surface area contributed by atoms with Gasteiger partial charge >= 0.3 is 12.0 Å². The minimum Gasteiger partial charge on any atom is -0.482 e. The number of anilines is 2. The Balaban J connectivity index is 1.63. The first kappa shape index (κ1) is 23.4. The first-order chi connectivity index (χ1) is 15.2. The van der Waals surface area contributed by atoms with Crippen LogP contribution in [0.3, 0.4) is 0 Å². The highest BCUT2D eigenvalue weighted by molar-refractivity contribution is 7.92. The topological polar surface area (TPSA) is 125 Å². The fourth-order valence-electron chi connectivity index (χ4n) is 3.40. The molecule has 2 amide bonds. The molecule has 2 aromatic rings. The van der Waals surface area contributed by atoms with Gasteiger partial charge in [0.15, 0.2) is 6.61 Å². The van der Waals surface area contributed by atoms with Crippen molar-refractivity contribution in [3.8, 4) is 5.75 Å². The molecular weight excluding hydrogens is 434 g/mol. The van der Waals surface area contributed by atoms with Crippen molar-refractivity contribution in [3.05, 3.63) is 48.0 Å². The third-order valence-electron chi connectivity index (χ3n) is 5.09. The van der Waals surface area contributed by atoms with Crippen molar-refractivity contribution in [1.82, 2.24) is 4.90 Å². The van der Waals surface area contributed by atoms with Crippen molar-refractivity contribution in [2.75, 3.05) is 29.7 Å². The van der Waals surface area contributed by atoms with E-state index >= 15 is 0 Å². The average Bonchev–Trinajstić information content (AvgIpc) is 3.03. The van der Waals surface area contributed by atoms with Crippen LogP contribution in [-0.4, -0.2) is 50.1 Å². The fourth-order valence-corrected chi connectivity index (χ4v) is 4.55. The Labute approximate surface area is 187 Å². The molecule has 2 aromatic carbocycles. The third-order valence-corrected chi connectivity index (χ3v) is 6.47. The molecule has 32 heavy (non-hydrogen) atoms. The van der Waals surface area contributed by atoms with Crippen LogP contribution in [-0.2, 0) is 14.8 Å². The molecule has 10 heteroatoms. The maximum absolute atomic E-state index is 12.7. The van der Waals surface area contributed by atoms with E-state index in [1.807, 2.05) is 0 Å². The van der Waals surface area contributed by atoms with Crippen LogP contribution in [0.2, 0.25) is 0 Å². The van der Waals surface area contributed by atoms with Crippen LogP contribution in [0, 0.1) is 6.92 Å². The zero-order valence-electron chi connectivity index (χ0n) is 17.8. The summed E-state index contributed by atoms with van der Waals surface area (Å²) in [4.78, 5) is 24.9. The molecule has 1 aliphatic heterocycles. The smallest absolute Gasteiger partial charge is 0.341 e. The van der Waals surface area contributed by atoms with Crippen LogP contribution in [0.15, 0.2) is 47.4 Å². The second-order valence-corrected chi connectivity index (χ2v) is 9.31. The van der Waals surface area contributed by atoms with E-state index in [0.717, 1.165) is 38.8 Å². The summed E-state index contributed by atoms with van der Waals surface area (Å²) in [7, 11) is -3.86. The number of hydrogen-bond donors (Lipinski definition) is 3. The van der Waals surface area contributed by atoms with Crippen LogP contribution in [0.25, 0.3) is 0 Å². The minimum absolute atomic E-state index is 0.0243. The lowest BCUT2D eigenvalue weighted by Gasteiger charge is -2.20. The van der Waals surface area contributed by atoms with E-state index in [0.29, 0.717) is 22.7 Å². The molecule has 1 heterocycles. The number of carbonyl (C=O) groups excluding carboxylic acids is 1. The number of carboxylic acids is 1. The van der Waals surface area contributed by atoms with E-state index in [4.69, 9.17) is 9.84 Å². The lowest BCUT2D eigenvalue weighted by atomic mass is 10.2. The minimum atomic E-state index is -3.86. The number of likely N-dealkylation sites (tertiary alicyclic amines) is 1. The number of carboxylic acid groups (broad SMARTS) is 1. The van der Waals surface area contributed by atoms with E-state index in [-0.39, 0.29) is 10.9 Å². The van der Waals surface area contributed by atoms with Crippen molar-refractivity contribution >= 4 is 33.4 Å². The van der Waals surface area contributed by atoms with Gasteiger partial charge in [0.25, 0.3) is 10.0 Å². The Hall–Kier alpha value is -3.27. The lowest BCUT2D eigenvalue weighted by molar-refractivity contribution is -0.139. The summed E-state index contributed by atoms with van der Waals surface area (Å²) in [5, 5.41) is 11.6. The molecule has 3 N–H and O–H groups in total. The molecule has 0 aliphatic carbocycles. The Morgan fingerprint density at radius 3 is 2.22 bits per heavy atom. The molecule has 1 aliphatic rings. The van der Waals surface area contributed by atoms with E-state index in [1.165, 1.54) is 18.2 Å².